The van der Waals surface area contributed by atoms with Gasteiger partial charge in [-0.15, -0.1) is 0 Å². The Bertz CT molecular complexity index is 625. The van der Waals surface area contributed by atoms with Crippen molar-refractivity contribution in [1.29, 1.82) is 0 Å². The summed E-state index contributed by atoms with van der Waals surface area (Å²) < 4.78 is 17.3. The predicted octanol–water partition coefficient (Wildman–Crippen LogP) is 2.90. The molecule has 100 valence electrons. The molecule has 0 spiro atoms. The Morgan fingerprint density at radius 1 is 1.26 bits per heavy atom. The summed E-state index contributed by atoms with van der Waals surface area (Å²) in [6.07, 6.45) is 0. The molecule has 0 aliphatic rings. The molecule has 19 heavy (non-hydrogen) atoms. The molecule has 0 radical (unpaired) electrons. The van der Waals surface area contributed by atoms with Gasteiger partial charge in [-0.25, -0.2) is 4.79 Å². The van der Waals surface area contributed by atoms with Crippen molar-refractivity contribution in [1.82, 2.24) is 0 Å². The van der Waals surface area contributed by atoms with Crippen molar-refractivity contribution in [3.8, 4) is 0 Å². The summed E-state index contributed by atoms with van der Waals surface area (Å²) in [7, 11) is -1.24. The number of aryl methyl sites for hydroxylation is 2. The van der Waals surface area contributed by atoms with Crippen molar-refractivity contribution >= 4 is 16.8 Å². The van der Waals surface area contributed by atoms with Gasteiger partial charge in [-0.3, -0.25) is 4.21 Å². The molecule has 1 heterocycles. The van der Waals surface area contributed by atoms with Crippen molar-refractivity contribution in [2.24, 2.45) is 0 Å². The second kappa shape index (κ2) is 5.40. The van der Waals surface area contributed by atoms with E-state index < -0.39 is 16.8 Å². The maximum Gasteiger partial charge on any atom is 0.372 e. The third-order valence-electron chi connectivity index (χ3n) is 2.72. The fourth-order valence-corrected chi connectivity index (χ4v) is 2.74. The van der Waals surface area contributed by atoms with Crippen LogP contribution in [-0.4, -0.2) is 15.3 Å². The summed E-state index contributed by atoms with van der Waals surface area (Å²) in [5, 5.41) is 8.89. The highest BCUT2D eigenvalue weighted by Crippen LogP contribution is 2.19. The zero-order valence-corrected chi connectivity index (χ0v) is 11.5. The van der Waals surface area contributed by atoms with Gasteiger partial charge in [0, 0.05) is 10.5 Å². The second-order valence-electron chi connectivity index (χ2n) is 4.33. The SMILES string of the molecule is Cc1ccc(S(=O)Cc2cc(C)c(C(=O)O)o2)cc1. The highest BCUT2D eigenvalue weighted by atomic mass is 32.2. The topological polar surface area (TPSA) is 67.5 Å². The fraction of sp³-hybridized carbons (Fsp3) is 0.214. The smallest absolute Gasteiger partial charge is 0.372 e. The van der Waals surface area contributed by atoms with E-state index >= 15 is 0 Å². The van der Waals surface area contributed by atoms with Crippen molar-refractivity contribution in [3.05, 3.63) is 53.0 Å². The van der Waals surface area contributed by atoms with E-state index in [-0.39, 0.29) is 11.5 Å². The standard InChI is InChI=1S/C14H14O4S/c1-9-3-5-12(6-4-9)19(17)8-11-7-10(2)13(18-11)14(15)16/h3-7H,8H2,1-2H3,(H,15,16). The molecule has 1 unspecified atom stereocenters. The number of hydrogen-bond acceptors (Lipinski definition) is 3. The highest BCUT2D eigenvalue weighted by Gasteiger charge is 2.16. The predicted molar refractivity (Wildman–Crippen MR) is 71.7 cm³/mol. The Morgan fingerprint density at radius 3 is 2.42 bits per heavy atom. The van der Waals surface area contributed by atoms with E-state index in [1.54, 1.807) is 25.1 Å². The number of hydrogen-bond donors (Lipinski definition) is 1. The molecule has 0 amide bonds. The first kappa shape index (κ1) is 13.5. The summed E-state index contributed by atoms with van der Waals surface area (Å²) in [6, 6.07) is 9.01. The molecular weight excluding hydrogens is 264 g/mol. The van der Waals surface area contributed by atoms with Gasteiger partial charge in [-0.05, 0) is 32.0 Å². The van der Waals surface area contributed by atoms with Crippen molar-refractivity contribution in [3.63, 3.8) is 0 Å². The molecule has 0 aliphatic heterocycles. The third kappa shape index (κ3) is 3.12. The monoisotopic (exact) mass is 278 g/mol. The average molecular weight is 278 g/mol. The Labute approximate surface area is 113 Å². The Balaban J connectivity index is 2.17. The van der Waals surface area contributed by atoms with Crippen molar-refractivity contribution < 1.29 is 18.5 Å². The summed E-state index contributed by atoms with van der Waals surface area (Å²) in [6.45, 7) is 3.62. The van der Waals surface area contributed by atoms with Gasteiger partial charge in [0.2, 0.25) is 5.76 Å². The first-order chi connectivity index (χ1) is 8.97. The van der Waals surface area contributed by atoms with Crippen molar-refractivity contribution in [2.45, 2.75) is 24.5 Å². The summed E-state index contributed by atoms with van der Waals surface area (Å²) in [5.74, 6) is -0.591. The van der Waals surface area contributed by atoms with E-state index in [2.05, 4.69) is 0 Å². The maximum atomic E-state index is 12.1. The van der Waals surface area contributed by atoms with E-state index in [4.69, 9.17) is 9.52 Å². The van der Waals surface area contributed by atoms with Gasteiger partial charge in [-0.1, -0.05) is 17.7 Å². The van der Waals surface area contributed by atoms with Crippen LogP contribution in [0.1, 0.15) is 27.4 Å². The maximum absolute atomic E-state index is 12.1. The molecule has 4 nitrogen and oxygen atoms in total. The van der Waals surface area contributed by atoms with Crippen LogP contribution in [0, 0.1) is 13.8 Å². The van der Waals surface area contributed by atoms with E-state index in [1.807, 2.05) is 19.1 Å². The fourth-order valence-electron chi connectivity index (χ4n) is 1.73. The van der Waals surface area contributed by atoms with Gasteiger partial charge < -0.3 is 9.52 Å². The van der Waals surface area contributed by atoms with Crippen LogP contribution < -0.4 is 0 Å². The van der Waals surface area contributed by atoms with Gasteiger partial charge in [0.25, 0.3) is 0 Å². The lowest BCUT2D eigenvalue weighted by molar-refractivity contribution is 0.0659. The molecule has 0 saturated carbocycles. The molecule has 1 aromatic heterocycles. The molecule has 1 N–H and O–H groups in total. The zero-order valence-electron chi connectivity index (χ0n) is 10.7. The van der Waals surface area contributed by atoms with Crippen LogP contribution in [0.3, 0.4) is 0 Å². The van der Waals surface area contributed by atoms with Crippen LogP contribution in [0.5, 0.6) is 0 Å². The first-order valence-corrected chi connectivity index (χ1v) is 7.07. The number of carboxylic acid groups (broad SMARTS) is 1. The third-order valence-corrected chi connectivity index (χ3v) is 4.06. The molecule has 2 rings (SSSR count). The van der Waals surface area contributed by atoms with Crippen LogP contribution in [0.15, 0.2) is 39.6 Å². The molecule has 2 aromatic rings. The lowest BCUT2D eigenvalue weighted by Gasteiger charge is -2.00. The summed E-state index contributed by atoms with van der Waals surface area (Å²) in [4.78, 5) is 11.6. The second-order valence-corrected chi connectivity index (χ2v) is 5.78. The number of aromatic carboxylic acids is 1. The number of carbonyl (C=O) groups is 1. The normalized spacial score (nSPS) is 12.3. The van der Waals surface area contributed by atoms with Gasteiger partial charge in [-0.2, -0.15) is 0 Å². The van der Waals surface area contributed by atoms with Crippen LogP contribution in [0.25, 0.3) is 0 Å². The number of furan rings is 1. The molecular formula is C14H14O4S. The average Bonchev–Trinajstić information content (AvgIpc) is 2.71. The minimum absolute atomic E-state index is 0.0871. The van der Waals surface area contributed by atoms with Gasteiger partial charge >= 0.3 is 5.97 Å². The molecule has 0 fully saturated rings. The van der Waals surface area contributed by atoms with Crippen molar-refractivity contribution in [2.75, 3.05) is 0 Å². The molecule has 0 saturated heterocycles. The molecule has 5 heteroatoms. The van der Waals surface area contributed by atoms with Crippen LogP contribution >= 0.6 is 0 Å². The lowest BCUT2D eigenvalue weighted by atomic mass is 10.2. The number of carboxylic acids is 1. The van der Waals surface area contributed by atoms with Crippen LogP contribution in [-0.2, 0) is 16.6 Å². The quantitative estimate of drug-likeness (QED) is 0.933. The van der Waals surface area contributed by atoms with E-state index in [9.17, 15) is 9.00 Å². The van der Waals surface area contributed by atoms with Crippen LogP contribution in [0.2, 0.25) is 0 Å². The van der Waals surface area contributed by atoms with Gasteiger partial charge in [0.15, 0.2) is 0 Å². The van der Waals surface area contributed by atoms with Crippen LogP contribution in [0.4, 0.5) is 0 Å². The Hall–Kier alpha value is -1.88. The lowest BCUT2D eigenvalue weighted by Crippen LogP contribution is -1.96. The van der Waals surface area contributed by atoms with Gasteiger partial charge in [0.05, 0.1) is 16.6 Å². The van der Waals surface area contributed by atoms with E-state index in [1.165, 1.54) is 0 Å². The van der Waals surface area contributed by atoms with E-state index in [0.717, 1.165) is 5.56 Å². The molecule has 0 aliphatic carbocycles. The number of rotatable bonds is 4. The molecule has 1 atom stereocenters. The largest absolute Gasteiger partial charge is 0.475 e. The summed E-state index contributed by atoms with van der Waals surface area (Å²) >= 11 is 0. The number of benzene rings is 1. The highest BCUT2D eigenvalue weighted by molar-refractivity contribution is 7.84. The minimum Gasteiger partial charge on any atom is -0.475 e. The zero-order chi connectivity index (χ0) is 14.0. The van der Waals surface area contributed by atoms with E-state index in [0.29, 0.717) is 16.2 Å². The molecule has 0 bridgehead atoms. The molecule has 1 aromatic carbocycles. The Kier molecular flexibility index (Phi) is 3.85. The first-order valence-electron chi connectivity index (χ1n) is 5.75. The minimum atomic E-state index is -1.24. The van der Waals surface area contributed by atoms with Gasteiger partial charge in [0.1, 0.15) is 5.76 Å². The summed E-state index contributed by atoms with van der Waals surface area (Å²) in [5.41, 5.74) is 1.64. The Morgan fingerprint density at radius 2 is 1.89 bits per heavy atom.